The summed E-state index contributed by atoms with van der Waals surface area (Å²) in [6, 6.07) is 9.74. The Morgan fingerprint density at radius 1 is 0.900 bits per heavy atom. The average molecular weight is 309 g/mol. The van der Waals surface area contributed by atoms with Crippen LogP contribution in [0.4, 0.5) is 11.5 Å². The fourth-order valence-electron chi connectivity index (χ4n) is 2.38. The van der Waals surface area contributed by atoms with Gasteiger partial charge in [0.1, 0.15) is 17.3 Å². The first kappa shape index (κ1) is 13.5. The van der Waals surface area contributed by atoms with Gasteiger partial charge in [0.25, 0.3) is 0 Å². The quantitative estimate of drug-likeness (QED) is 0.798. The second kappa shape index (κ2) is 5.85. The highest BCUT2D eigenvalue weighted by Crippen LogP contribution is 2.26. The zero-order chi connectivity index (χ0) is 13.9. The van der Waals surface area contributed by atoms with Gasteiger partial charge in [0, 0.05) is 32.2 Å². The Labute approximate surface area is 128 Å². The third kappa shape index (κ3) is 2.81. The van der Waals surface area contributed by atoms with Crippen molar-refractivity contribution in [1.29, 1.82) is 0 Å². The Balaban J connectivity index is 1.70. The molecule has 3 rings (SSSR count). The van der Waals surface area contributed by atoms with Crippen molar-refractivity contribution in [2.24, 2.45) is 0 Å². The average Bonchev–Trinajstić information content (AvgIpc) is 2.48. The van der Waals surface area contributed by atoms with Crippen LogP contribution >= 0.6 is 23.2 Å². The van der Waals surface area contributed by atoms with Crippen molar-refractivity contribution in [3.05, 3.63) is 46.8 Å². The number of aromatic nitrogens is 2. The molecule has 0 spiro atoms. The van der Waals surface area contributed by atoms with Crippen molar-refractivity contribution >= 4 is 34.7 Å². The van der Waals surface area contributed by atoms with Gasteiger partial charge in [0.05, 0.1) is 10.7 Å². The molecule has 1 aromatic heterocycles. The SMILES string of the molecule is Clc1cc(N2CCN(c3ccccc3Cl)CC2)ncn1. The molecule has 2 heterocycles. The van der Waals surface area contributed by atoms with Gasteiger partial charge in [0.15, 0.2) is 0 Å². The smallest absolute Gasteiger partial charge is 0.134 e. The molecular weight excluding hydrogens is 295 g/mol. The fraction of sp³-hybridized carbons (Fsp3) is 0.286. The lowest BCUT2D eigenvalue weighted by molar-refractivity contribution is 0.647. The molecule has 1 aliphatic heterocycles. The number of para-hydroxylation sites is 1. The van der Waals surface area contributed by atoms with Crippen LogP contribution in [0.3, 0.4) is 0 Å². The Kier molecular flexibility index (Phi) is 3.94. The van der Waals surface area contributed by atoms with Crippen LogP contribution in [0.5, 0.6) is 0 Å². The first-order valence-electron chi connectivity index (χ1n) is 6.46. The number of halogens is 2. The number of nitrogens with zero attached hydrogens (tertiary/aromatic N) is 4. The van der Waals surface area contributed by atoms with Gasteiger partial charge in [-0.15, -0.1) is 0 Å². The van der Waals surface area contributed by atoms with Crippen molar-refractivity contribution < 1.29 is 0 Å². The molecule has 0 atom stereocenters. The number of rotatable bonds is 2. The number of benzene rings is 1. The van der Waals surface area contributed by atoms with E-state index in [2.05, 4.69) is 25.8 Å². The first-order valence-corrected chi connectivity index (χ1v) is 7.21. The van der Waals surface area contributed by atoms with Crippen LogP contribution < -0.4 is 9.80 Å². The minimum absolute atomic E-state index is 0.475. The van der Waals surface area contributed by atoms with E-state index in [1.165, 1.54) is 6.33 Å². The molecule has 2 aromatic rings. The Bertz CT molecular complexity index is 597. The van der Waals surface area contributed by atoms with Crippen LogP contribution in [0.1, 0.15) is 0 Å². The summed E-state index contributed by atoms with van der Waals surface area (Å²) in [5.74, 6) is 0.879. The Morgan fingerprint density at radius 2 is 1.60 bits per heavy atom. The third-order valence-corrected chi connectivity index (χ3v) is 3.94. The lowest BCUT2D eigenvalue weighted by atomic mass is 10.2. The van der Waals surface area contributed by atoms with Crippen LogP contribution in [0.25, 0.3) is 0 Å². The molecule has 0 aliphatic carbocycles. The Morgan fingerprint density at radius 3 is 2.30 bits per heavy atom. The molecule has 20 heavy (non-hydrogen) atoms. The molecule has 0 radical (unpaired) electrons. The Hall–Kier alpha value is -1.52. The minimum Gasteiger partial charge on any atom is -0.367 e. The molecule has 1 fully saturated rings. The van der Waals surface area contributed by atoms with Crippen LogP contribution in [0.15, 0.2) is 36.7 Å². The van der Waals surface area contributed by atoms with Gasteiger partial charge in [-0.2, -0.15) is 0 Å². The summed E-state index contributed by atoms with van der Waals surface area (Å²) in [4.78, 5) is 12.7. The molecule has 0 saturated carbocycles. The zero-order valence-electron chi connectivity index (χ0n) is 10.8. The highest BCUT2D eigenvalue weighted by atomic mass is 35.5. The standard InChI is InChI=1S/C14H14Cl2N4/c15-11-3-1-2-4-12(11)19-5-7-20(8-6-19)14-9-13(16)17-10-18-14/h1-4,9-10H,5-8H2. The highest BCUT2D eigenvalue weighted by Gasteiger charge is 2.19. The molecule has 1 saturated heterocycles. The van der Waals surface area contributed by atoms with Crippen molar-refractivity contribution in [1.82, 2.24) is 9.97 Å². The topological polar surface area (TPSA) is 32.3 Å². The van der Waals surface area contributed by atoms with Gasteiger partial charge < -0.3 is 9.80 Å². The molecule has 4 nitrogen and oxygen atoms in total. The van der Waals surface area contributed by atoms with Crippen molar-refractivity contribution in [3.63, 3.8) is 0 Å². The summed E-state index contributed by atoms with van der Waals surface area (Å²) in [6.45, 7) is 3.59. The van der Waals surface area contributed by atoms with Gasteiger partial charge in [-0.25, -0.2) is 9.97 Å². The van der Waals surface area contributed by atoms with E-state index in [4.69, 9.17) is 23.2 Å². The van der Waals surface area contributed by atoms with E-state index in [0.717, 1.165) is 42.7 Å². The summed E-state index contributed by atoms with van der Waals surface area (Å²) in [5, 5.41) is 1.27. The van der Waals surface area contributed by atoms with E-state index in [1.54, 1.807) is 6.07 Å². The maximum absolute atomic E-state index is 6.24. The van der Waals surface area contributed by atoms with E-state index in [1.807, 2.05) is 18.2 Å². The van der Waals surface area contributed by atoms with Gasteiger partial charge in [-0.3, -0.25) is 0 Å². The van der Waals surface area contributed by atoms with E-state index in [9.17, 15) is 0 Å². The molecule has 0 N–H and O–H groups in total. The van der Waals surface area contributed by atoms with E-state index in [0.29, 0.717) is 5.15 Å². The predicted molar refractivity (Wildman–Crippen MR) is 82.9 cm³/mol. The third-order valence-electron chi connectivity index (χ3n) is 3.42. The normalized spacial score (nSPS) is 15.5. The molecule has 104 valence electrons. The summed E-state index contributed by atoms with van der Waals surface area (Å²) in [6.07, 6.45) is 1.50. The van der Waals surface area contributed by atoms with Gasteiger partial charge in [-0.1, -0.05) is 35.3 Å². The molecule has 0 bridgehead atoms. The van der Waals surface area contributed by atoms with Crippen molar-refractivity contribution in [3.8, 4) is 0 Å². The second-order valence-electron chi connectivity index (χ2n) is 4.62. The van der Waals surface area contributed by atoms with E-state index >= 15 is 0 Å². The highest BCUT2D eigenvalue weighted by molar-refractivity contribution is 6.33. The van der Waals surface area contributed by atoms with Crippen LogP contribution in [-0.2, 0) is 0 Å². The van der Waals surface area contributed by atoms with Crippen LogP contribution in [-0.4, -0.2) is 36.1 Å². The molecule has 0 amide bonds. The molecule has 6 heteroatoms. The maximum Gasteiger partial charge on any atom is 0.134 e. The van der Waals surface area contributed by atoms with Crippen molar-refractivity contribution in [2.75, 3.05) is 36.0 Å². The van der Waals surface area contributed by atoms with E-state index < -0.39 is 0 Å². The molecule has 1 aromatic carbocycles. The second-order valence-corrected chi connectivity index (χ2v) is 5.42. The monoisotopic (exact) mass is 308 g/mol. The number of hydrogen-bond acceptors (Lipinski definition) is 4. The molecule has 1 aliphatic rings. The lowest BCUT2D eigenvalue weighted by Crippen LogP contribution is -2.46. The number of hydrogen-bond donors (Lipinski definition) is 0. The fourth-order valence-corrected chi connectivity index (χ4v) is 2.78. The van der Waals surface area contributed by atoms with Gasteiger partial charge in [-0.05, 0) is 12.1 Å². The van der Waals surface area contributed by atoms with Crippen LogP contribution in [0, 0.1) is 0 Å². The largest absolute Gasteiger partial charge is 0.367 e. The number of piperazine rings is 1. The lowest BCUT2D eigenvalue weighted by Gasteiger charge is -2.37. The minimum atomic E-state index is 0.475. The molecule has 0 unspecified atom stereocenters. The predicted octanol–water partition coefficient (Wildman–Crippen LogP) is 3.11. The zero-order valence-corrected chi connectivity index (χ0v) is 12.3. The van der Waals surface area contributed by atoms with Crippen LogP contribution in [0.2, 0.25) is 10.2 Å². The summed E-state index contributed by atoms with van der Waals surface area (Å²) in [5.41, 5.74) is 1.09. The summed E-state index contributed by atoms with van der Waals surface area (Å²) < 4.78 is 0. The summed E-state index contributed by atoms with van der Waals surface area (Å²) >= 11 is 12.1. The maximum atomic E-state index is 6.24. The number of anilines is 2. The van der Waals surface area contributed by atoms with Gasteiger partial charge >= 0.3 is 0 Å². The summed E-state index contributed by atoms with van der Waals surface area (Å²) in [7, 11) is 0. The molecular formula is C14H14Cl2N4. The van der Waals surface area contributed by atoms with E-state index in [-0.39, 0.29) is 0 Å². The van der Waals surface area contributed by atoms with Crippen molar-refractivity contribution in [2.45, 2.75) is 0 Å². The van der Waals surface area contributed by atoms with Gasteiger partial charge in [0.2, 0.25) is 0 Å². The first-order chi connectivity index (χ1) is 9.74.